The third-order valence-electron chi connectivity index (χ3n) is 2.40. The van der Waals surface area contributed by atoms with Gasteiger partial charge < -0.3 is 25.0 Å². The summed E-state index contributed by atoms with van der Waals surface area (Å²) >= 11 is 0. The maximum atomic E-state index is 11.1. The van der Waals surface area contributed by atoms with E-state index in [0.29, 0.717) is 30.2 Å². The molecule has 0 saturated carbocycles. The lowest BCUT2D eigenvalue weighted by Gasteiger charge is -2.14. The smallest absolute Gasteiger partial charge is 0.337 e. The minimum Gasteiger partial charge on any atom is -0.493 e. The van der Waals surface area contributed by atoms with Crippen LogP contribution in [0.4, 0.5) is 5.69 Å². The predicted octanol–water partition coefficient (Wildman–Crippen LogP) is 1.20. The lowest BCUT2D eigenvalue weighted by atomic mass is 10.1. The van der Waals surface area contributed by atoms with E-state index in [-0.39, 0.29) is 12.2 Å². The fourth-order valence-corrected chi connectivity index (χ4v) is 1.50. The van der Waals surface area contributed by atoms with E-state index in [9.17, 15) is 4.79 Å². The molecule has 0 atom stereocenters. The van der Waals surface area contributed by atoms with Gasteiger partial charge in [0.1, 0.15) is 0 Å². The van der Waals surface area contributed by atoms with E-state index in [1.54, 1.807) is 6.07 Å². The van der Waals surface area contributed by atoms with Gasteiger partial charge in [0, 0.05) is 25.3 Å². The van der Waals surface area contributed by atoms with E-state index >= 15 is 0 Å². The highest BCUT2D eigenvalue weighted by Gasteiger charge is 2.15. The van der Waals surface area contributed by atoms with Crippen molar-refractivity contribution in [3.63, 3.8) is 0 Å². The van der Waals surface area contributed by atoms with Gasteiger partial charge in [-0.2, -0.15) is 0 Å². The first kappa shape index (κ1) is 14.1. The second kappa shape index (κ2) is 6.70. The molecule has 0 saturated heterocycles. The number of rotatable bonds is 7. The predicted molar refractivity (Wildman–Crippen MR) is 66.7 cm³/mol. The van der Waals surface area contributed by atoms with E-state index in [4.69, 9.17) is 19.7 Å². The largest absolute Gasteiger partial charge is 0.493 e. The van der Waals surface area contributed by atoms with Gasteiger partial charge in [-0.05, 0) is 6.42 Å². The van der Waals surface area contributed by atoms with E-state index in [0.717, 1.165) is 0 Å². The zero-order valence-corrected chi connectivity index (χ0v) is 10.4. The molecule has 0 heterocycles. The number of carboxylic acid groups (broad SMARTS) is 1. The first-order chi connectivity index (χ1) is 8.63. The Morgan fingerprint density at radius 1 is 1.28 bits per heavy atom. The van der Waals surface area contributed by atoms with Crippen LogP contribution in [-0.4, -0.2) is 43.6 Å². The highest BCUT2D eigenvalue weighted by atomic mass is 16.5. The van der Waals surface area contributed by atoms with E-state index in [2.05, 4.69) is 5.32 Å². The molecule has 6 heteroatoms. The number of hydrogen-bond acceptors (Lipinski definition) is 5. The highest BCUT2D eigenvalue weighted by Crippen LogP contribution is 2.33. The van der Waals surface area contributed by atoms with Crippen LogP contribution in [0.2, 0.25) is 0 Å². The van der Waals surface area contributed by atoms with Gasteiger partial charge in [-0.1, -0.05) is 0 Å². The molecule has 18 heavy (non-hydrogen) atoms. The molecule has 0 unspecified atom stereocenters. The molecule has 100 valence electrons. The number of aliphatic hydroxyl groups is 1. The van der Waals surface area contributed by atoms with Gasteiger partial charge in [-0.3, -0.25) is 0 Å². The average molecular weight is 255 g/mol. The fraction of sp³-hybridized carbons (Fsp3) is 0.417. The van der Waals surface area contributed by atoms with Crippen molar-refractivity contribution in [2.45, 2.75) is 6.42 Å². The summed E-state index contributed by atoms with van der Waals surface area (Å²) in [6.07, 6.45) is 0.535. The number of hydrogen-bond donors (Lipinski definition) is 3. The SMILES string of the molecule is COc1cc(NCCCO)c(C(=O)O)cc1OC. The van der Waals surface area contributed by atoms with Crippen LogP contribution >= 0.6 is 0 Å². The second-order valence-electron chi connectivity index (χ2n) is 3.56. The standard InChI is InChI=1S/C12H17NO5/c1-17-10-6-8(12(15)16)9(7-11(10)18-2)13-4-3-5-14/h6-7,13-14H,3-5H2,1-2H3,(H,15,16). The molecule has 1 aromatic carbocycles. The van der Waals surface area contributed by atoms with Crippen LogP contribution in [0, 0.1) is 0 Å². The summed E-state index contributed by atoms with van der Waals surface area (Å²) in [5.41, 5.74) is 0.541. The first-order valence-electron chi connectivity index (χ1n) is 5.48. The summed E-state index contributed by atoms with van der Waals surface area (Å²) in [7, 11) is 2.93. The molecular weight excluding hydrogens is 238 g/mol. The van der Waals surface area contributed by atoms with Crippen molar-refractivity contribution in [1.29, 1.82) is 0 Å². The summed E-state index contributed by atoms with van der Waals surface area (Å²) in [5, 5.41) is 20.8. The molecular formula is C12H17NO5. The van der Waals surface area contributed by atoms with Crippen LogP contribution in [0.25, 0.3) is 0 Å². The Balaban J connectivity index is 3.08. The van der Waals surface area contributed by atoms with Crippen molar-refractivity contribution >= 4 is 11.7 Å². The first-order valence-corrected chi connectivity index (χ1v) is 5.48. The number of anilines is 1. The third-order valence-corrected chi connectivity index (χ3v) is 2.40. The summed E-state index contributed by atoms with van der Waals surface area (Å²) in [6.45, 7) is 0.523. The van der Waals surface area contributed by atoms with Gasteiger partial charge in [-0.15, -0.1) is 0 Å². The second-order valence-corrected chi connectivity index (χ2v) is 3.56. The topological polar surface area (TPSA) is 88.0 Å². The number of nitrogens with one attached hydrogen (secondary N) is 1. The molecule has 0 radical (unpaired) electrons. The Bertz CT molecular complexity index is 419. The zero-order valence-electron chi connectivity index (χ0n) is 10.4. The highest BCUT2D eigenvalue weighted by molar-refractivity contribution is 5.95. The molecule has 0 aromatic heterocycles. The summed E-state index contributed by atoms with van der Waals surface area (Å²) < 4.78 is 10.2. The van der Waals surface area contributed by atoms with Crippen LogP contribution in [0.15, 0.2) is 12.1 Å². The quantitative estimate of drug-likeness (QED) is 0.634. The number of benzene rings is 1. The number of methoxy groups -OCH3 is 2. The third kappa shape index (κ3) is 3.27. The monoisotopic (exact) mass is 255 g/mol. The van der Waals surface area contributed by atoms with Gasteiger partial charge in [0.15, 0.2) is 11.5 Å². The Hall–Kier alpha value is -1.95. The number of aliphatic hydroxyl groups excluding tert-OH is 1. The number of carbonyl (C=O) groups is 1. The Morgan fingerprint density at radius 3 is 2.39 bits per heavy atom. The lowest BCUT2D eigenvalue weighted by molar-refractivity contribution is 0.0697. The van der Waals surface area contributed by atoms with Crippen molar-refractivity contribution in [1.82, 2.24) is 0 Å². The van der Waals surface area contributed by atoms with E-state index in [1.165, 1.54) is 20.3 Å². The normalized spacial score (nSPS) is 9.94. The van der Waals surface area contributed by atoms with Crippen molar-refractivity contribution < 1.29 is 24.5 Å². The van der Waals surface area contributed by atoms with Crippen molar-refractivity contribution in [2.24, 2.45) is 0 Å². The van der Waals surface area contributed by atoms with E-state index in [1.807, 2.05) is 0 Å². The Kier molecular flexibility index (Phi) is 5.26. The fourth-order valence-electron chi connectivity index (χ4n) is 1.50. The zero-order chi connectivity index (χ0) is 13.5. The molecule has 1 aromatic rings. The minimum absolute atomic E-state index is 0.0443. The molecule has 6 nitrogen and oxygen atoms in total. The lowest BCUT2D eigenvalue weighted by Crippen LogP contribution is -2.09. The molecule has 3 N–H and O–H groups in total. The number of ether oxygens (including phenoxy) is 2. The van der Waals surface area contributed by atoms with Crippen LogP contribution in [0.5, 0.6) is 11.5 Å². The summed E-state index contributed by atoms with van der Waals surface area (Å²) in [4.78, 5) is 11.1. The maximum absolute atomic E-state index is 11.1. The molecule has 0 aliphatic heterocycles. The molecule has 0 fully saturated rings. The molecule has 0 aliphatic carbocycles. The molecule has 0 aliphatic rings. The summed E-state index contributed by atoms with van der Waals surface area (Å²) in [5.74, 6) is -0.237. The molecule has 0 amide bonds. The van der Waals surface area contributed by atoms with Crippen LogP contribution in [0.3, 0.4) is 0 Å². The van der Waals surface area contributed by atoms with Gasteiger partial charge in [0.05, 0.1) is 25.5 Å². The maximum Gasteiger partial charge on any atom is 0.337 e. The van der Waals surface area contributed by atoms with Gasteiger partial charge in [-0.25, -0.2) is 4.79 Å². The van der Waals surface area contributed by atoms with Crippen LogP contribution in [-0.2, 0) is 0 Å². The van der Waals surface area contributed by atoms with Gasteiger partial charge in [0.2, 0.25) is 0 Å². The van der Waals surface area contributed by atoms with Crippen molar-refractivity contribution in [3.8, 4) is 11.5 Å². The molecule has 1 rings (SSSR count). The van der Waals surface area contributed by atoms with E-state index < -0.39 is 5.97 Å². The number of aromatic carboxylic acids is 1. The van der Waals surface area contributed by atoms with Gasteiger partial charge in [0.25, 0.3) is 0 Å². The van der Waals surface area contributed by atoms with Crippen LogP contribution in [0.1, 0.15) is 16.8 Å². The minimum atomic E-state index is -1.05. The van der Waals surface area contributed by atoms with Crippen LogP contribution < -0.4 is 14.8 Å². The molecule has 0 spiro atoms. The molecule has 0 bridgehead atoms. The van der Waals surface area contributed by atoms with Crippen molar-refractivity contribution in [2.75, 3.05) is 32.7 Å². The average Bonchev–Trinajstić information content (AvgIpc) is 2.38. The number of carboxylic acids is 1. The van der Waals surface area contributed by atoms with Crippen molar-refractivity contribution in [3.05, 3.63) is 17.7 Å². The Labute approximate surface area is 105 Å². The van der Waals surface area contributed by atoms with Gasteiger partial charge >= 0.3 is 5.97 Å². The Morgan fingerprint density at radius 2 is 1.89 bits per heavy atom. The summed E-state index contributed by atoms with van der Waals surface area (Å²) in [6, 6.07) is 2.97.